The van der Waals surface area contributed by atoms with E-state index in [4.69, 9.17) is 4.74 Å². The van der Waals surface area contributed by atoms with Crippen LogP contribution >= 0.6 is 0 Å². The second-order valence-electron chi connectivity index (χ2n) is 4.47. The Morgan fingerprint density at radius 1 is 1.33 bits per heavy atom. The largest absolute Gasteiger partial charge is 0.504 e. The third kappa shape index (κ3) is 1.74. The molecule has 0 spiro atoms. The lowest BCUT2D eigenvalue weighted by Crippen LogP contribution is -2.12. The summed E-state index contributed by atoms with van der Waals surface area (Å²) in [5, 5.41) is 14.2. The summed E-state index contributed by atoms with van der Waals surface area (Å²) in [6.07, 6.45) is 7.40. The molecule has 1 saturated heterocycles. The highest BCUT2D eigenvalue weighted by molar-refractivity contribution is 5.25. The van der Waals surface area contributed by atoms with Crippen LogP contribution < -0.4 is 0 Å². The van der Waals surface area contributed by atoms with Crippen LogP contribution in [0.1, 0.15) is 49.9 Å². The van der Waals surface area contributed by atoms with Crippen molar-refractivity contribution in [3.63, 3.8) is 0 Å². The van der Waals surface area contributed by atoms with Gasteiger partial charge in [-0.25, -0.2) is 0 Å². The molecular weight excluding hydrogens is 192 g/mol. The fraction of sp³-hybridized carbons (Fsp3) is 0.727. The minimum Gasteiger partial charge on any atom is -0.504 e. The van der Waals surface area contributed by atoms with Crippen LogP contribution in [0.2, 0.25) is 0 Å². The van der Waals surface area contributed by atoms with Crippen molar-refractivity contribution >= 4 is 0 Å². The number of hydrogen-bond donors (Lipinski definition) is 1. The molecule has 1 unspecified atom stereocenters. The predicted octanol–water partition coefficient (Wildman–Crippen LogP) is 2.17. The molecule has 4 nitrogen and oxygen atoms in total. The highest BCUT2D eigenvalue weighted by atomic mass is 16.5. The lowest BCUT2D eigenvalue weighted by Gasteiger charge is -2.20. The van der Waals surface area contributed by atoms with Gasteiger partial charge in [-0.05, 0) is 32.1 Å². The molecule has 1 aromatic heterocycles. The average Bonchev–Trinajstić information content (AvgIpc) is 3.04. The fourth-order valence-corrected chi connectivity index (χ4v) is 2.11. The maximum absolute atomic E-state index is 9.80. The van der Waals surface area contributed by atoms with Gasteiger partial charge in [0, 0.05) is 6.61 Å². The summed E-state index contributed by atoms with van der Waals surface area (Å²) >= 11 is 0. The normalized spacial score (nSPS) is 26.8. The van der Waals surface area contributed by atoms with Gasteiger partial charge in [0.25, 0.3) is 0 Å². The highest BCUT2D eigenvalue weighted by Crippen LogP contribution is 2.38. The van der Waals surface area contributed by atoms with Gasteiger partial charge in [-0.2, -0.15) is 5.10 Å². The summed E-state index contributed by atoms with van der Waals surface area (Å²) in [5.74, 6) is 0.300. The van der Waals surface area contributed by atoms with Crippen LogP contribution in [0.3, 0.4) is 0 Å². The molecule has 4 heteroatoms. The molecule has 3 rings (SSSR count). The average molecular weight is 208 g/mol. The van der Waals surface area contributed by atoms with Gasteiger partial charge < -0.3 is 9.84 Å². The molecule has 2 heterocycles. The summed E-state index contributed by atoms with van der Waals surface area (Å²) in [7, 11) is 0. The van der Waals surface area contributed by atoms with Crippen molar-refractivity contribution in [1.82, 2.24) is 9.78 Å². The number of hydrogen-bond acceptors (Lipinski definition) is 3. The molecule has 1 atom stereocenters. The smallest absolute Gasteiger partial charge is 0.159 e. The van der Waals surface area contributed by atoms with Gasteiger partial charge in [0.1, 0.15) is 11.8 Å². The molecule has 1 aliphatic heterocycles. The van der Waals surface area contributed by atoms with Crippen molar-refractivity contribution in [2.75, 3.05) is 6.61 Å². The lowest BCUT2D eigenvalue weighted by molar-refractivity contribution is 0.0107. The summed E-state index contributed by atoms with van der Waals surface area (Å²) in [6.45, 7) is 0.792. The predicted molar refractivity (Wildman–Crippen MR) is 54.7 cm³/mol. The summed E-state index contributed by atoms with van der Waals surface area (Å²) in [6, 6.07) is 0.522. The molecule has 1 saturated carbocycles. The first-order valence-corrected chi connectivity index (χ1v) is 5.74. The SMILES string of the molecule is Oc1cn(C2CC2)nc1C1CCCCO1. The van der Waals surface area contributed by atoms with Crippen molar-refractivity contribution < 1.29 is 9.84 Å². The Morgan fingerprint density at radius 3 is 2.87 bits per heavy atom. The highest BCUT2D eigenvalue weighted by Gasteiger charge is 2.28. The van der Waals surface area contributed by atoms with E-state index in [-0.39, 0.29) is 6.10 Å². The molecule has 2 aliphatic rings. The van der Waals surface area contributed by atoms with Gasteiger partial charge in [0.05, 0.1) is 12.2 Å². The van der Waals surface area contributed by atoms with Crippen molar-refractivity contribution in [2.24, 2.45) is 0 Å². The van der Waals surface area contributed by atoms with Crippen LogP contribution in [0.4, 0.5) is 0 Å². The number of aromatic hydroxyl groups is 1. The van der Waals surface area contributed by atoms with Gasteiger partial charge in [-0.1, -0.05) is 0 Å². The lowest BCUT2D eigenvalue weighted by atomic mass is 10.1. The molecule has 2 fully saturated rings. The molecule has 0 radical (unpaired) electrons. The molecule has 0 amide bonds. The summed E-state index contributed by atoms with van der Waals surface area (Å²) in [5.41, 5.74) is 0.738. The summed E-state index contributed by atoms with van der Waals surface area (Å²) < 4.78 is 7.51. The van der Waals surface area contributed by atoms with E-state index in [0.717, 1.165) is 25.1 Å². The first-order valence-electron chi connectivity index (χ1n) is 5.74. The number of rotatable bonds is 2. The second-order valence-corrected chi connectivity index (χ2v) is 4.47. The Morgan fingerprint density at radius 2 is 2.20 bits per heavy atom. The molecule has 1 aromatic rings. The zero-order chi connectivity index (χ0) is 10.3. The van der Waals surface area contributed by atoms with Gasteiger partial charge in [-0.15, -0.1) is 0 Å². The van der Waals surface area contributed by atoms with Crippen LogP contribution in [-0.4, -0.2) is 21.5 Å². The monoisotopic (exact) mass is 208 g/mol. The Bertz CT molecular complexity index is 351. The molecule has 15 heavy (non-hydrogen) atoms. The van der Waals surface area contributed by atoms with E-state index in [9.17, 15) is 5.11 Å². The summed E-state index contributed by atoms with van der Waals surface area (Å²) in [4.78, 5) is 0. The first kappa shape index (κ1) is 9.21. The minimum absolute atomic E-state index is 0.0127. The van der Waals surface area contributed by atoms with Gasteiger partial charge in [0.2, 0.25) is 0 Å². The number of aromatic nitrogens is 2. The number of nitrogens with zero attached hydrogens (tertiary/aromatic N) is 2. The van der Waals surface area contributed by atoms with Crippen LogP contribution in [0.15, 0.2) is 6.20 Å². The van der Waals surface area contributed by atoms with Gasteiger partial charge >= 0.3 is 0 Å². The van der Waals surface area contributed by atoms with E-state index in [1.54, 1.807) is 6.20 Å². The minimum atomic E-state index is 0.0127. The van der Waals surface area contributed by atoms with E-state index in [0.29, 0.717) is 11.8 Å². The van der Waals surface area contributed by atoms with E-state index in [2.05, 4.69) is 5.10 Å². The Kier molecular flexibility index (Phi) is 2.16. The maximum atomic E-state index is 9.80. The van der Waals surface area contributed by atoms with Gasteiger partial charge in [-0.3, -0.25) is 4.68 Å². The maximum Gasteiger partial charge on any atom is 0.159 e. The van der Waals surface area contributed by atoms with Crippen LogP contribution in [0, 0.1) is 0 Å². The standard InChI is InChI=1S/C11H16N2O2/c14-9-7-13(8-4-5-8)12-11(9)10-3-1-2-6-15-10/h7-8,10,14H,1-6H2. The molecule has 82 valence electrons. The molecule has 0 bridgehead atoms. The van der Waals surface area contributed by atoms with Crippen molar-refractivity contribution in [3.05, 3.63) is 11.9 Å². The van der Waals surface area contributed by atoms with Crippen LogP contribution in [0.25, 0.3) is 0 Å². The van der Waals surface area contributed by atoms with Crippen molar-refractivity contribution in [2.45, 2.75) is 44.2 Å². The van der Waals surface area contributed by atoms with E-state index >= 15 is 0 Å². The Labute approximate surface area is 88.9 Å². The van der Waals surface area contributed by atoms with E-state index in [1.807, 2.05) is 4.68 Å². The molecule has 1 aliphatic carbocycles. The van der Waals surface area contributed by atoms with E-state index < -0.39 is 0 Å². The van der Waals surface area contributed by atoms with E-state index in [1.165, 1.54) is 19.3 Å². The molecule has 0 aromatic carbocycles. The topological polar surface area (TPSA) is 47.3 Å². The Balaban J connectivity index is 1.82. The van der Waals surface area contributed by atoms with Crippen molar-refractivity contribution in [1.29, 1.82) is 0 Å². The van der Waals surface area contributed by atoms with Gasteiger partial charge in [0.15, 0.2) is 5.75 Å². The molecular formula is C11H16N2O2. The zero-order valence-electron chi connectivity index (χ0n) is 8.72. The third-order valence-electron chi connectivity index (χ3n) is 3.15. The first-order chi connectivity index (χ1) is 7.34. The van der Waals surface area contributed by atoms with Crippen molar-refractivity contribution in [3.8, 4) is 5.75 Å². The quantitative estimate of drug-likeness (QED) is 0.810. The molecule has 1 N–H and O–H groups in total. The number of ether oxygens (including phenoxy) is 1. The van der Waals surface area contributed by atoms with Crippen LogP contribution in [0.5, 0.6) is 5.75 Å². The van der Waals surface area contributed by atoms with Crippen LogP contribution in [-0.2, 0) is 4.74 Å². The Hall–Kier alpha value is -1.03. The third-order valence-corrected chi connectivity index (χ3v) is 3.15. The second kappa shape index (κ2) is 3.52. The fourth-order valence-electron chi connectivity index (χ4n) is 2.11. The zero-order valence-corrected chi connectivity index (χ0v) is 8.72.